The van der Waals surface area contributed by atoms with Crippen molar-refractivity contribution in [3.05, 3.63) is 28.8 Å². The standard InChI is InChI=1S/C25H44O5S2/c1-4-6-8-10-12-14-16-31(27,28)20-23-18-22(3)25(26)24(19-23)21-32(29,30)17-15-13-11-9-7-5-2/h18-19,26H,4-17,20-21H2,1-3H3. The Morgan fingerprint density at radius 3 is 1.59 bits per heavy atom. The second-order valence-corrected chi connectivity index (χ2v) is 13.5. The fourth-order valence-electron chi connectivity index (χ4n) is 3.97. The summed E-state index contributed by atoms with van der Waals surface area (Å²) in [4.78, 5) is 0. The van der Waals surface area contributed by atoms with E-state index >= 15 is 0 Å². The fourth-order valence-corrected chi connectivity index (χ4v) is 6.91. The Bertz CT molecular complexity index is 874. The van der Waals surface area contributed by atoms with E-state index in [0.29, 0.717) is 29.5 Å². The molecule has 0 atom stereocenters. The molecule has 0 bridgehead atoms. The largest absolute Gasteiger partial charge is 0.507 e. The second-order valence-electron chi connectivity index (χ2n) is 9.14. The lowest BCUT2D eigenvalue weighted by Crippen LogP contribution is -2.12. The van der Waals surface area contributed by atoms with Crippen molar-refractivity contribution in [2.24, 2.45) is 0 Å². The maximum atomic E-state index is 12.6. The van der Waals surface area contributed by atoms with Crippen molar-refractivity contribution in [3.63, 3.8) is 0 Å². The number of hydrogen-bond acceptors (Lipinski definition) is 5. The molecule has 1 N–H and O–H groups in total. The van der Waals surface area contributed by atoms with Crippen LogP contribution in [-0.2, 0) is 31.2 Å². The van der Waals surface area contributed by atoms with E-state index in [1.54, 1.807) is 19.1 Å². The molecule has 0 unspecified atom stereocenters. The maximum absolute atomic E-state index is 12.6. The third kappa shape index (κ3) is 12.2. The molecule has 0 aliphatic heterocycles. The fraction of sp³-hybridized carbons (Fsp3) is 0.760. The van der Waals surface area contributed by atoms with Crippen LogP contribution in [0.15, 0.2) is 12.1 Å². The summed E-state index contributed by atoms with van der Waals surface area (Å²) in [7, 11) is -6.64. The Balaban J connectivity index is 2.68. The Labute approximate surface area is 196 Å². The number of aryl methyl sites for hydroxylation is 1. The van der Waals surface area contributed by atoms with Crippen LogP contribution in [0.1, 0.15) is 108 Å². The Hall–Kier alpha value is -1.08. The summed E-state index contributed by atoms with van der Waals surface area (Å²) in [6, 6.07) is 3.21. The molecule has 1 rings (SSSR count). The first kappa shape index (κ1) is 29.0. The predicted octanol–water partition coefficient (Wildman–Crippen LogP) is 6.25. The summed E-state index contributed by atoms with van der Waals surface area (Å²) in [5.41, 5.74) is 1.37. The highest BCUT2D eigenvalue weighted by atomic mass is 32.2. The number of sulfone groups is 2. The third-order valence-corrected chi connectivity index (χ3v) is 9.16. The van der Waals surface area contributed by atoms with Crippen molar-refractivity contribution in [2.75, 3.05) is 11.5 Å². The average molecular weight is 489 g/mol. The second kappa shape index (κ2) is 14.9. The molecule has 1 aromatic carbocycles. The average Bonchev–Trinajstić information content (AvgIpc) is 2.70. The Kier molecular flexibility index (Phi) is 13.5. The highest BCUT2D eigenvalue weighted by Gasteiger charge is 2.19. The van der Waals surface area contributed by atoms with Gasteiger partial charge in [0, 0.05) is 5.56 Å². The van der Waals surface area contributed by atoms with Gasteiger partial charge < -0.3 is 5.11 Å². The van der Waals surface area contributed by atoms with Crippen molar-refractivity contribution in [3.8, 4) is 5.75 Å². The molecule has 0 spiro atoms. The SMILES string of the molecule is CCCCCCCCS(=O)(=O)Cc1cc(C)c(O)c(CS(=O)(=O)CCCCCCCC)c1. The van der Waals surface area contributed by atoms with Gasteiger partial charge in [0.1, 0.15) is 5.75 Å². The highest BCUT2D eigenvalue weighted by Crippen LogP contribution is 2.27. The number of rotatable bonds is 18. The minimum atomic E-state index is -3.36. The summed E-state index contributed by atoms with van der Waals surface area (Å²) in [6.45, 7) is 5.98. The smallest absolute Gasteiger partial charge is 0.154 e. The first-order valence-electron chi connectivity index (χ1n) is 12.3. The molecule has 0 saturated heterocycles. The van der Waals surface area contributed by atoms with Crippen molar-refractivity contribution in [1.82, 2.24) is 0 Å². The summed E-state index contributed by atoms with van der Waals surface area (Å²) < 4.78 is 50.2. The summed E-state index contributed by atoms with van der Waals surface area (Å²) in [5, 5.41) is 10.4. The van der Waals surface area contributed by atoms with Crippen molar-refractivity contribution >= 4 is 19.7 Å². The number of hydrogen-bond donors (Lipinski definition) is 1. The van der Waals surface area contributed by atoms with Crippen LogP contribution >= 0.6 is 0 Å². The van der Waals surface area contributed by atoms with Crippen LogP contribution in [0.4, 0.5) is 0 Å². The highest BCUT2D eigenvalue weighted by molar-refractivity contribution is 7.90. The molecule has 0 fully saturated rings. The van der Waals surface area contributed by atoms with Gasteiger partial charge in [-0.2, -0.15) is 0 Å². The minimum Gasteiger partial charge on any atom is -0.507 e. The van der Waals surface area contributed by atoms with Gasteiger partial charge >= 0.3 is 0 Å². The zero-order valence-electron chi connectivity index (χ0n) is 20.4. The lowest BCUT2D eigenvalue weighted by atomic mass is 10.1. The summed E-state index contributed by atoms with van der Waals surface area (Å²) >= 11 is 0. The molecule has 5 nitrogen and oxygen atoms in total. The Morgan fingerprint density at radius 2 is 1.09 bits per heavy atom. The van der Waals surface area contributed by atoms with Gasteiger partial charge in [-0.05, 0) is 30.9 Å². The van der Waals surface area contributed by atoms with Crippen LogP contribution in [0, 0.1) is 6.92 Å². The molecule has 0 saturated carbocycles. The number of phenolic OH excluding ortho intramolecular Hbond substituents is 1. The van der Waals surface area contributed by atoms with E-state index in [-0.39, 0.29) is 28.8 Å². The number of benzene rings is 1. The molecular formula is C25H44O5S2. The predicted molar refractivity (Wildman–Crippen MR) is 135 cm³/mol. The van der Waals surface area contributed by atoms with Gasteiger partial charge in [-0.25, -0.2) is 16.8 Å². The normalized spacial score (nSPS) is 12.3. The van der Waals surface area contributed by atoms with Crippen LogP contribution in [0.3, 0.4) is 0 Å². The number of unbranched alkanes of at least 4 members (excludes halogenated alkanes) is 10. The molecule has 0 aromatic heterocycles. The first-order chi connectivity index (χ1) is 15.1. The van der Waals surface area contributed by atoms with Crippen LogP contribution in [0.25, 0.3) is 0 Å². The van der Waals surface area contributed by atoms with Gasteiger partial charge in [-0.1, -0.05) is 90.2 Å². The van der Waals surface area contributed by atoms with Gasteiger partial charge in [0.15, 0.2) is 19.7 Å². The lowest BCUT2D eigenvalue weighted by Gasteiger charge is -2.12. The van der Waals surface area contributed by atoms with Gasteiger partial charge in [0.25, 0.3) is 0 Å². The topological polar surface area (TPSA) is 88.5 Å². The lowest BCUT2D eigenvalue weighted by molar-refractivity contribution is 0.465. The molecule has 0 heterocycles. The molecule has 0 amide bonds. The molecule has 7 heteroatoms. The third-order valence-electron chi connectivity index (χ3n) is 5.82. The van der Waals surface area contributed by atoms with Gasteiger partial charge in [0.2, 0.25) is 0 Å². The monoisotopic (exact) mass is 488 g/mol. The summed E-state index contributed by atoms with van der Waals surface area (Å²) in [5.74, 6) is -0.176. The van der Waals surface area contributed by atoms with Crippen LogP contribution in [-0.4, -0.2) is 33.4 Å². The zero-order chi connectivity index (χ0) is 24.0. The van der Waals surface area contributed by atoms with Gasteiger partial charge in [-0.3, -0.25) is 0 Å². The van der Waals surface area contributed by atoms with Crippen molar-refractivity contribution in [2.45, 2.75) is 109 Å². The van der Waals surface area contributed by atoms with Crippen LogP contribution in [0.5, 0.6) is 5.75 Å². The molecule has 0 aliphatic rings. The zero-order valence-corrected chi connectivity index (χ0v) is 22.0. The number of phenols is 1. The molecule has 0 radical (unpaired) electrons. The quantitative estimate of drug-likeness (QED) is 0.247. The molecule has 32 heavy (non-hydrogen) atoms. The van der Waals surface area contributed by atoms with Crippen molar-refractivity contribution < 1.29 is 21.9 Å². The van der Waals surface area contributed by atoms with Gasteiger partial charge in [0.05, 0.1) is 23.0 Å². The minimum absolute atomic E-state index is 0.0476. The molecular weight excluding hydrogens is 444 g/mol. The molecule has 186 valence electrons. The van der Waals surface area contributed by atoms with Gasteiger partial charge in [-0.15, -0.1) is 0 Å². The van der Waals surface area contributed by atoms with E-state index in [2.05, 4.69) is 13.8 Å². The van der Waals surface area contributed by atoms with Crippen LogP contribution < -0.4 is 0 Å². The van der Waals surface area contributed by atoms with E-state index in [1.807, 2.05) is 0 Å². The van der Waals surface area contributed by atoms with E-state index in [4.69, 9.17) is 0 Å². The van der Waals surface area contributed by atoms with E-state index < -0.39 is 19.7 Å². The van der Waals surface area contributed by atoms with Crippen LogP contribution in [0.2, 0.25) is 0 Å². The van der Waals surface area contributed by atoms with Crippen molar-refractivity contribution in [1.29, 1.82) is 0 Å². The number of aromatic hydroxyl groups is 1. The molecule has 0 aliphatic carbocycles. The van der Waals surface area contributed by atoms with E-state index in [1.165, 1.54) is 12.8 Å². The molecule has 1 aromatic rings. The summed E-state index contributed by atoms with van der Waals surface area (Å²) in [6.07, 6.45) is 12.1. The maximum Gasteiger partial charge on any atom is 0.154 e. The first-order valence-corrected chi connectivity index (χ1v) is 16.0. The van der Waals surface area contributed by atoms with E-state index in [9.17, 15) is 21.9 Å². The van der Waals surface area contributed by atoms with E-state index in [0.717, 1.165) is 51.4 Å². The Morgan fingerprint density at radius 1 is 0.656 bits per heavy atom.